The Hall–Kier alpha value is -1.72. The van der Waals surface area contributed by atoms with Crippen LogP contribution in [0.3, 0.4) is 0 Å². The van der Waals surface area contributed by atoms with Crippen molar-refractivity contribution in [3.05, 3.63) is 35.8 Å². The second-order valence-electron chi connectivity index (χ2n) is 4.70. The molecule has 2 atom stereocenters. The Morgan fingerprint density at radius 1 is 1.37 bits per heavy atom. The van der Waals surface area contributed by atoms with Crippen LogP contribution < -0.4 is 5.32 Å². The van der Waals surface area contributed by atoms with E-state index in [2.05, 4.69) is 5.32 Å². The first-order valence-corrected chi connectivity index (χ1v) is 6.17. The van der Waals surface area contributed by atoms with Crippen molar-refractivity contribution < 1.29 is 18.3 Å². The standard InChI is InChI=1S/C14H14FNO3/c1-16-11-7-18-6-10(11)14(17)13-5-8-4-9(15)2-3-12(8)19-13/h2-5,10-11,16H,6-7H2,1H3. The number of hydrogen-bond acceptors (Lipinski definition) is 4. The number of rotatable bonds is 3. The van der Waals surface area contributed by atoms with Crippen LogP contribution in [0.15, 0.2) is 28.7 Å². The molecule has 1 saturated heterocycles. The van der Waals surface area contributed by atoms with Crippen molar-refractivity contribution in [3.63, 3.8) is 0 Å². The van der Waals surface area contributed by atoms with Gasteiger partial charge in [-0.2, -0.15) is 0 Å². The molecule has 100 valence electrons. The molecule has 0 aliphatic carbocycles. The van der Waals surface area contributed by atoms with Gasteiger partial charge in [0.15, 0.2) is 5.76 Å². The Labute approximate surface area is 109 Å². The fourth-order valence-electron chi connectivity index (χ4n) is 2.42. The maximum atomic E-state index is 13.1. The second-order valence-corrected chi connectivity index (χ2v) is 4.70. The number of halogens is 1. The van der Waals surface area contributed by atoms with Gasteiger partial charge in [0.05, 0.1) is 19.1 Å². The monoisotopic (exact) mass is 263 g/mol. The number of furan rings is 1. The van der Waals surface area contributed by atoms with Crippen molar-refractivity contribution in [1.29, 1.82) is 0 Å². The molecule has 19 heavy (non-hydrogen) atoms. The number of likely N-dealkylation sites (N-methyl/N-ethyl adjacent to an activating group) is 1. The van der Waals surface area contributed by atoms with E-state index in [1.807, 2.05) is 0 Å². The van der Waals surface area contributed by atoms with Crippen LogP contribution in [0.2, 0.25) is 0 Å². The Bertz CT molecular complexity index is 622. The number of hydrogen-bond donors (Lipinski definition) is 1. The average molecular weight is 263 g/mol. The number of ether oxygens (including phenoxy) is 1. The van der Waals surface area contributed by atoms with E-state index in [4.69, 9.17) is 9.15 Å². The normalized spacial score (nSPS) is 23.1. The first-order valence-electron chi connectivity index (χ1n) is 6.17. The molecule has 1 aliphatic heterocycles. The van der Waals surface area contributed by atoms with Crippen molar-refractivity contribution in [2.75, 3.05) is 20.3 Å². The van der Waals surface area contributed by atoms with Crippen LogP contribution >= 0.6 is 0 Å². The Morgan fingerprint density at radius 3 is 3.00 bits per heavy atom. The minimum absolute atomic E-state index is 0.00236. The molecule has 0 spiro atoms. The minimum Gasteiger partial charge on any atom is -0.453 e. The van der Waals surface area contributed by atoms with Crippen LogP contribution in [0, 0.1) is 11.7 Å². The van der Waals surface area contributed by atoms with E-state index in [0.29, 0.717) is 24.2 Å². The predicted molar refractivity (Wildman–Crippen MR) is 67.7 cm³/mol. The number of benzene rings is 1. The van der Waals surface area contributed by atoms with Crippen LogP contribution in [-0.2, 0) is 4.74 Å². The van der Waals surface area contributed by atoms with Crippen molar-refractivity contribution >= 4 is 16.8 Å². The van der Waals surface area contributed by atoms with Gasteiger partial charge in [0.25, 0.3) is 0 Å². The van der Waals surface area contributed by atoms with Crippen LogP contribution in [0.4, 0.5) is 4.39 Å². The molecule has 1 fully saturated rings. The number of Topliss-reactive ketones (excluding diaryl/α,β-unsaturated/α-hetero) is 1. The maximum Gasteiger partial charge on any atom is 0.205 e. The number of fused-ring (bicyclic) bond motifs is 1. The summed E-state index contributed by atoms with van der Waals surface area (Å²) < 4.78 is 23.9. The first kappa shape index (κ1) is 12.3. The number of carbonyl (C=O) groups is 1. The zero-order chi connectivity index (χ0) is 13.4. The summed E-state index contributed by atoms with van der Waals surface area (Å²) in [5, 5.41) is 3.66. The molecule has 2 unspecified atom stereocenters. The van der Waals surface area contributed by atoms with Crippen molar-refractivity contribution in [3.8, 4) is 0 Å². The highest BCUT2D eigenvalue weighted by Crippen LogP contribution is 2.25. The highest BCUT2D eigenvalue weighted by atomic mass is 19.1. The van der Waals surface area contributed by atoms with Crippen LogP contribution in [0.5, 0.6) is 0 Å². The lowest BCUT2D eigenvalue weighted by atomic mass is 9.97. The van der Waals surface area contributed by atoms with Crippen molar-refractivity contribution in [2.45, 2.75) is 6.04 Å². The summed E-state index contributed by atoms with van der Waals surface area (Å²) in [6.07, 6.45) is 0. The van der Waals surface area contributed by atoms with Gasteiger partial charge in [-0.3, -0.25) is 4.79 Å². The van der Waals surface area contributed by atoms with Gasteiger partial charge in [-0.05, 0) is 31.3 Å². The fraction of sp³-hybridized carbons (Fsp3) is 0.357. The molecule has 1 aromatic carbocycles. The Balaban J connectivity index is 1.93. The van der Waals surface area contributed by atoms with E-state index in [0.717, 1.165) is 0 Å². The lowest BCUT2D eigenvalue weighted by molar-refractivity contribution is 0.0866. The van der Waals surface area contributed by atoms with Gasteiger partial charge < -0.3 is 14.5 Å². The van der Waals surface area contributed by atoms with Crippen LogP contribution in [0.1, 0.15) is 10.6 Å². The zero-order valence-corrected chi connectivity index (χ0v) is 10.5. The molecule has 0 amide bonds. The molecule has 1 N–H and O–H groups in total. The molecule has 1 aromatic heterocycles. The third-order valence-corrected chi connectivity index (χ3v) is 3.51. The van der Waals surface area contributed by atoms with Gasteiger partial charge in [0.1, 0.15) is 11.4 Å². The van der Waals surface area contributed by atoms with Crippen molar-refractivity contribution in [1.82, 2.24) is 5.32 Å². The predicted octanol–water partition coefficient (Wildman–Crippen LogP) is 1.99. The number of ketones is 1. The van der Waals surface area contributed by atoms with Crippen molar-refractivity contribution in [2.24, 2.45) is 5.92 Å². The fourth-order valence-corrected chi connectivity index (χ4v) is 2.42. The van der Waals surface area contributed by atoms with E-state index in [9.17, 15) is 9.18 Å². The van der Waals surface area contributed by atoms with Gasteiger partial charge in [0.2, 0.25) is 5.78 Å². The topological polar surface area (TPSA) is 51.5 Å². The van der Waals surface area contributed by atoms with E-state index in [-0.39, 0.29) is 29.3 Å². The molecule has 0 bridgehead atoms. The second kappa shape index (κ2) is 4.75. The highest BCUT2D eigenvalue weighted by molar-refractivity contribution is 5.99. The summed E-state index contributed by atoms with van der Waals surface area (Å²) in [6, 6.07) is 5.79. The molecular weight excluding hydrogens is 249 g/mol. The van der Waals surface area contributed by atoms with Gasteiger partial charge in [0, 0.05) is 11.4 Å². The van der Waals surface area contributed by atoms with Crippen LogP contribution in [-0.4, -0.2) is 32.1 Å². The molecule has 5 heteroatoms. The molecule has 0 radical (unpaired) electrons. The summed E-state index contributed by atoms with van der Waals surface area (Å²) in [7, 11) is 1.80. The van der Waals surface area contributed by atoms with E-state index >= 15 is 0 Å². The lowest BCUT2D eigenvalue weighted by Gasteiger charge is -2.13. The first-order chi connectivity index (χ1) is 9.19. The maximum absolute atomic E-state index is 13.1. The minimum atomic E-state index is -0.343. The lowest BCUT2D eigenvalue weighted by Crippen LogP contribution is -2.36. The largest absolute Gasteiger partial charge is 0.453 e. The Kier molecular flexibility index (Phi) is 3.08. The van der Waals surface area contributed by atoms with Gasteiger partial charge in [-0.15, -0.1) is 0 Å². The van der Waals surface area contributed by atoms with Gasteiger partial charge in [-0.25, -0.2) is 4.39 Å². The SMILES string of the molecule is CNC1COCC1C(=O)c1cc2cc(F)ccc2o1. The molecule has 4 nitrogen and oxygen atoms in total. The summed E-state index contributed by atoms with van der Waals surface area (Å²) >= 11 is 0. The van der Waals surface area contributed by atoms with E-state index in [1.165, 1.54) is 18.2 Å². The summed E-state index contributed by atoms with van der Waals surface area (Å²) in [5.41, 5.74) is 0.518. The molecule has 0 saturated carbocycles. The van der Waals surface area contributed by atoms with Gasteiger partial charge in [-0.1, -0.05) is 0 Å². The summed E-state index contributed by atoms with van der Waals surface area (Å²) in [6.45, 7) is 0.900. The smallest absolute Gasteiger partial charge is 0.205 e. The number of carbonyl (C=O) groups excluding carboxylic acids is 1. The molecular formula is C14H14FNO3. The third-order valence-electron chi connectivity index (χ3n) is 3.51. The quantitative estimate of drug-likeness (QED) is 0.860. The molecule has 3 rings (SSSR count). The zero-order valence-electron chi connectivity index (χ0n) is 10.5. The molecule has 1 aliphatic rings. The van der Waals surface area contributed by atoms with Crippen LogP contribution in [0.25, 0.3) is 11.0 Å². The third kappa shape index (κ3) is 2.15. The molecule has 2 heterocycles. The Morgan fingerprint density at radius 2 is 2.21 bits per heavy atom. The highest BCUT2D eigenvalue weighted by Gasteiger charge is 2.35. The molecule has 2 aromatic rings. The van der Waals surface area contributed by atoms with E-state index in [1.54, 1.807) is 13.1 Å². The van der Waals surface area contributed by atoms with E-state index < -0.39 is 0 Å². The average Bonchev–Trinajstić information content (AvgIpc) is 3.03. The van der Waals surface area contributed by atoms with Gasteiger partial charge >= 0.3 is 0 Å². The summed E-state index contributed by atoms with van der Waals surface area (Å²) in [5.74, 6) is -0.440. The summed E-state index contributed by atoms with van der Waals surface area (Å²) in [4.78, 5) is 12.4. The number of nitrogens with one attached hydrogen (secondary N) is 1.